The maximum atomic E-state index is 13.4. The van der Waals surface area contributed by atoms with Crippen molar-refractivity contribution >= 4 is 18.6 Å². The molecular weight excluding hydrogens is 167 g/mol. The van der Waals surface area contributed by atoms with Gasteiger partial charge in [0.05, 0.1) is 4.75 Å². The van der Waals surface area contributed by atoms with E-state index in [0.717, 1.165) is 6.42 Å². The van der Waals surface area contributed by atoms with E-state index in [-0.39, 0.29) is 5.92 Å². The van der Waals surface area contributed by atoms with E-state index in [1.807, 2.05) is 0 Å². The van der Waals surface area contributed by atoms with E-state index >= 15 is 0 Å². The van der Waals surface area contributed by atoms with Crippen LogP contribution in [0.2, 0.25) is 0 Å². The molecule has 0 radical (unpaired) electrons. The van der Waals surface area contributed by atoms with Crippen molar-refractivity contribution in [3.05, 3.63) is 0 Å². The van der Waals surface area contributed by atoms with Crippen LogP contribution in [0.25, 0.3) is 0 Å². The van der Waals surface area contributed by atoms with Gasteiger partial charge in [0.25, 0.3) is 0 Å². The highest BCUT2D eigenvalue weighted by Gasteiger charge is 2.82. The number of hydrogen-bond donors (Lipinski definition) is 2. The second-order valence-corrected chi connectivity index (χ2v) is 4.18. The third-order valence-electron chi connectivity index (χ3n) is 2.97. The van der Waals surface area contributed by atoms with Crippen molar-refractivity contribution in [3.8, 4) is 0 Å². The first-order valence-electron chi connectivity index (χ1n) is 3.68. The Morgan fingerprint density at radius 3 is 2.64 bits per heavy atom. The fraction of sp³-hybridized carbons (Fsp3) is 0.857. The molecule has 2 aliphatic rings. The molecule has 2 fully saturated rings. The lowest BCUT2D eigenvalue weighted by atomic mass is 10.1. The Morgan fingerprint density at radius 2 is 2.36 bits per heavy atom. The van der Waals surface area contributed by atoms with E-state index in [2.05, 4.69) is 12.6 Å². The molecule has 0 aliphatic heterocycles. The summed E-state index contributed by atoms with van der Waals surface area (Å²) < 4.78 is 12.6. The molecule has 0 aromatic heterocycles. The van der Waals surface area contributed by atoms with Crippen molar-refractivity contribution in [3.63, 3.8) is 0 Å². The van der Waals surface area contributed by atoms with Crippen molar-refractivity contribution in [2.45, 2.75) is 29.7 Å². The molecular formula is C7H9FO2S. The molecule has 0 aromatic carbocycles. The maximum absolute atomic E-state index is 13.4. The van der Waals surface area contributed by atoms with Crippen molar-refractivity contribution in [1.29, 1.82) is 0 Å². The number of halogens is 1. The molecule has 2 nitrogen and oxygen atoms in total. The average molecular weight is 176 g/mol. The van der Waals surface area contributed by atoms with Crippen LogP contribution in [0, 0.1) is 5.92 Å². The van der Waals surface area contributed by atoms with Crippen molar-refractivity contribution in [2.24, 2.45) is 5.92 Å². The topological polar surface area (TPSA) is 37.3 Å². The predicted octanol–water partition coefficient (Wildman–Crippen LogP) is 1.26. The summed E-state index contributed by atoms with van der Waals surface area (Å²) in [7, 11) is 0. The second kappa shape index (κ2) is 1.73. The Hall–Kier alpha value is -0.250. The molecule has 3 unspecified atom stereocenters. The van der Waals surface area contributed by atoms with E-state index in [4.69, 9.17) is 5.11 Å². The minimum atomic E-state index is -2.02. The van der Waals surface area contributed by atoms with Crippen LogP contribution in [0.5, 0.6) is 0 Å². The smallest absolute Gasteiger partial charge is 0.343 e. The Bertz CT molecular complexity index is 232. The summed E-state index contributed by atoms with van der Waals surface area (Å²) in [6.45, 7) is 0. The first kappa shape index (κ1) is 7.40. The molecule has 0 amide bonds. The molecule has 11 heavy (non-hydrogen) atoms. The third kappa shape index (κ3) is 0.581. The van der Waals surface area contributed by atoms with Gasteiger partial charge in [-0.1, -0.05) is 6.42 Å². The Kier molecular flexibility index (Phi) is 1.17. The molecule has 2 rings (SSSR count). The number of aliphatic carboxylic acids is 1. The summed E-state index contributed by atoms with van der Waals surface area (Å²) in [6.07, 6.45) is 2.18. The van der Waals surface area contributed by atoms with Crippen molar-refractivity contribution in [1.82, 2.24) is 0 Å². The van der Waals surface area contributed by atoms with Gasteiger partial charge in [0.15, 0.2) is 0 Å². The quantitative estimate of drug-likeness (QED) is 0.590. The summed E-state index contributed by atoms with van der Waals surface area (Å²) in [5, 5.41) is 8.56. The largest absolute Gasteiger partial charge is 0.479 e. The minimum absolute atomic E-state index is 0.337. The van der Waals surface area contributed by atoms with E-state index < -0.39 is 16.4 Å². The molecule has 1 N–H and O–H groups in total. The lowest BCUT2D eigenvalue weighted by Crippen LogP contribution is -2.27. The third-order valence-corrected chi connectivity index (χ3v) is 3.83. The van der Waals surface area contributed by atoms with Gasteiger partial charge in [-0.2, -0.15) is 12.6 Å². The van der Waals surface area contributed by atoms with Crippen LogP contribution in [-0.4, -0.2) is 21.5 Å². The summed E-state index contributed by atoms with van der Waals surface area (Å²) in [6, 6.07) is 0. The van der Waals surface area contributed by atoms with Gasteiger partial charge >= 0.3 is 5.97 Å². The SMILES string of the molecule is O=C(O)C1(F)C2CCCC21S. The summed E-state index contributed by atoms with van der Waals surface area (Å²) >= 11 is 4.09. The molecule has 62 valence electrons. The normalized spacial score (nSPS) is 53.8. The molecule has 3 atom stereocenters. The number of carbonyl (C=O) groups is 1. The summed E-state index contributed by atoms with van der Waals surface area (Å²) in [5.74, 6) is -1.67. The van der Waals surface area contributed by atoms with Gasteiger partial charge in [0, 0.05) is 5.92 Å². The van der Waals surface area contributed by atoms with Crippen molar-refractivity contribution in [2.75, 3.05) is 0 Å². The predicted molar refractivity (Wildman–Crippen MR) is 40.5 cm³/mol. The monoisotopic (exact) mass is 176 g/mol. The lowest BCUT2D eigenvalue weighted by Gasteiger charge is -2.09. The summed E-state index contributed by atoms with van der Waals surface area (Å²) in [5.41, 5.74) is -2.02. The number of fused-ring (bicyclic) bond motifs is 1. The molecule has 0 saturated heterocycles. The number of thiol groups is 1. The van der Waals surface area contributed by atoms with Gasteiger partial charge in [-0.05, 0) is 12.8 Å². The Balaban J connectivity index is 2.29. The fourth-order valence-electron chi connectivity index (χ4n) is 2.26. The zero-order valence-electron chi connectivity index (χ0n) is 5.88. The van der Waals surface area contributed by atoms with Gasteiger partial charge in [0.2, 0.25) is 5.67 Å². The second-order valence-electron chi connectivity index (χ2n) is 3.39. The summed E-state index contributed by atoms with van der Waals surface area (Å²) in [4.78, 5) is 10.5. The van der Waals surface area contributed by atoms with E-state index in [1.54, 1.807) is 0 Å². The Morgan fingerprint density at radius 1 is 1.73 bits per heavy atom. The number of hydrogen-bond acceptors (Lipinski definition) is 2. The highest BCUT2D eigenvalue weighted by Crippen LogP contribution is 2.70. The van der Waals surface area contributed by atoms with Crippen LogP contribution >= 0.6 is 12.6 Å². The fourth-order valence-corrected chi connectivity index (χ4v) is 2.92. The Labute approximate surface area is 69.2 Å². The first-order chi connectivity index (χ1) is 5.03. The molecule has 2 aliphatic carbocycles. The molecule has 0 spiro atoms. The molecule has 2 saturated carbocycles. The van der Waals surface area contributed by atoms with Crippen LogP contribution in [0.3, 0.4) is 0 Å². The van der Waals surface area contributed by atoms with Crippen molar-refractivity contribution < 1.29 is 14.3 Å². The van der Waals surface area contributed by atoms with Gasteiger partial charge in [-0.3, -0.25) is 0 Å². The zero-order valence-corrected chi connectivity index (χ0v) is 6.77. The number of carboxylic acid groups (broad SMARTS) is 1. The molecule has 0 aromatic rings. The maximum Gasteiger partial charge on any atom is 0.343 e. The molecule has 0 bridgehead atoms. The van der Waals surface area contributed by atoms with Crippen LogP contribution in [0.4, 0.5) is 4.39 Å². The highest BCUT2D eigenvalue weighted by atomic mass is 32.1. The van der Waals surface area contributed by atoms with Crippen LogP contribution < -0.4 is 0 Å². The van der Waals surface area contributed by atoms with E-state index in [0.29, 0.717) is 12.8 Å². The van der Waals surface area contributed by atoms with Gasteiger partial charge in [-0.25, -0.2) is 9.18 Å². The molecule has 4 heteroatoms. The van der Waals surface area contributed by atoms with Gasteiger partial charge in [-0.15, -0.1) is 0 Å². The average Bonchev–Trinajstić information content (AvgIpc) is 2.26. The van der Waals surface area contributed by atoms with E-state index in [9.17, 15) is 9.18 Å². The number of rotatable bonds is 1. The first-order valence-corrected chi connectivity index (χ1v) is 4.13. The van der Waals surface area contributed by atoms with Gasteiger partial charge in [0.1, 0.15) is 0 Å². The minimum Gasteiger partial charge on any atom is -0.479 e. The zero-order chi connectivity index (χ0) is 8.28. The standard InChI is InChI=1S/C7H9FO2S/c8-7(5(9)10)4-2-1-3-6(4,7)11/h4,11H,1-3H2,(H,9,10). The van der Waals surface area contributed by atoms with Crippen LogP contribution in [-0.2, 0) is 4.79 Å². The number of alkyl halides is 1. The van der Waals surface area contributed by atoms with E-state index in [1.165, 1.54) is 0 Å². The highest BCUT2D eigenvalue weighted by molar-refractivity contribution is 7.82. The van der Waals surface area contributed by atoms with Gasteiger partial charge < -0.3 is 5.11 Å². The molecule has 0 heterocycles. The number of carboxylic acids is 1. The van der Waals surface area contributed by atoms with Crippen LogP contribution in [0.1, 0.15) is 19.3 Å². The van der Waals surface area contributed by atoms with Crippen LogP contribution in [0.15, 0.2) is 0 Å². The lowest BCUT2D eigenvalue weighted by molar-refractivity contribution is -0.145.